The highest BCUT2D eigenvalue weighted by Gasteiger charge is 2.03. The summed E-state index contributed by atoms with van der Waals surface area (Å²) in [6.45, 7) is 0.375. The van der Waals surface area contributed by atoms with Crippen LogP contribution in [0, 0.1) is 5.82 Å². The molecule has 0 aliphatic carbocycles. The Hall–Kier alpha value is -2.01. The summed E-state index contributed by atoms with van der Waals surface area (Å²) in [5.41, 5.74) is 0.849. The third kappa shape index (κ3) is 4.59. The molecule has 0 saturated carbocycles. The summed E-state index contributed by atoms with van der Waals surface area (Å²) in [4.78, 5) is 12.5. The number of rotatable bonds is 5. The van der Waals surface area contributed by atoms with Gasteiger partial charge in [-0.1, -0.05) is 18.2 Å². The third-order valence-corrected chi connectivity index (χ3v) is 3.58. The van der Waals surface area contributed by atoms with E-state index in [4.69, 9.17) is 0 Å². The monoisotopic (exact) mass is 291 g/mol. The first-order chi connectivity index (χ1) is 9.63. The van der Waals surface area contributed by atoms with Gasteiger partial charge in [-0.05, 0) is 35.9 Å². The first kappa shape index (κ1) is 14.4. The van der Waals surface area contributed by atoms with Crippen molar-refractivity contribution in [1.82, 2.24) is 5.32 Å². The van der Waals surface area contributed by atoms with E-state index in [2.05, 4.69) is 5.32 Å². The molecule has 3 nitrogen and oxygen atoms in total. The Bertz CT molecular complexity index is 587. The molecule has 2 aromatic rings. The van der Waals surface area contributed by atoms with Crippen molar-refractivity contribution in [3.63, 3.8) is 0 Å². The molecule has 0 aliphatic rings. The van der Waals surface area contributed by atoms with Crippen LogP contribution >= 0.6 is 11.8 Å². The fourth-order valence-electron chi connectivity index (χ4n) is 1.58. The summed E-state index contributed by atoms with van der Waals surface area (Å²) in [6, 6.07) is 12.8. The second-order valence-electron chi connectivity index (χ2n) is 4.19. The van der Waals surface area contributed by atoms with Gasteiger partial charge in [0.05, 0.1) is 5.75 Å². The van der Waals surface area contributed by atoms with E-state index < -0.39 is 0 Å². The van der Waals surface area contributed by atoms with Gasteiger partial charge in [0, 0.05) is 11.4 Å². The zero-order valence-corrected chi connectivity index (χ0v) is 11.5. The summed E-state index contributed by atoms with van der Waals surface area (Å²) in [5.74, 6) is 0.0499. The SMILES string of the molecule is O=C(CSc1cccc(O)c1)NCc1ccc(F)cc1. The number of benzene rings is 2. The molecule has 20 heavy (non-hydrogen) atoms. The molecule has 0 fully saturated rings. The van der Waals surface area contributed by atoms with Gasteiger partial charge in [0.2, 0.25) is 5.91 Å². The Kier molecular flexibility index (Phi) is 5.01. The van der Waals surface area contributed by atoms with Gasteiger partial charge in [-0.3, -0.25) is 4.79 Å². The molecule has 0 unspecified atom stereocenters. The lowest BCUT2D eigenvalue weighted by atomic mass is 10.2. The van der Waals surface area contributed by atoms with Crippen LogP contribution in [0.15, 0.2) is 53.4 Å². The molecule has 0 aliphatic heterocycles. The second-order valence-corrected chi connectivity index (χ2v) is 5.24. The van der Waals surface area contributed by atoms with Crippen LogP contribution < -0.4 is 5.32 Å². The molecule has 104 valence electrons. The Labute approximate surface area is 120 Å². The normalized spacial score (nSPS) is 10.2. The zero-order chi connectivity index (χ0) is 14.4. The fraction of sp³-hybridized carbons (Fsp3) is 0.133. The van der Waals surface area contributed by atoms with Crippen LogP contribution in [0.4, 0.5) is 4.39 Å². The number of nitrogens with one attached hydrogen (secondary N) is 1. The van der Waals surface area contributed by atoms with Gasteiger partial charge in [-0.25, -0.2) is 4.39 Å². The Morgan fingerprint density at radius 2 is 1.95 bits per heavy atom. The maximum Gasteiger partial charge on any atom is 0.230 e. The summed E-state index contributed by atoms with van der Waals surface area (Å²) in [7, 11) is 0. The third-order valence-electron chi connectivity index (χ3n) is 2.59. The lowest BCUT2D eigenvalue weighted by molar-refractivity contribution is -0.118. The number of carbonyl (C=O) groups excluding carboxylic acids is 1. The van der Waals surface area contributed by atoms with Crippen LogP contribution in [0.3, 0.4) is 0 Å². The van der Waals surface area contributed by atoms with Gasteiger partial charge in [-0.2, -0.15) is 0 Å². The maximum absolute atomic E-state index is 12.7. The largest absolute Gasteiger partial charge is 0.508 e. The molecule has 0 atom stereocenters. The number of hydrogen-bond donors (Lipinski definition) is 2. The predicted molar refractivity (Wildman–Crippen MR) is 77.1 cm³/mol. The van der Waals surface area contributed by atoms with Crippen LogP contribution in [-0.4, -0.2) is 16.8 Å². The van der Waals surface area contributed by atoms with Crippen molar-refractivity contribution in [1.29, 1.82) is 0 Å². The van der Waals surface area contributed by atoms with Crippen molar-refractivity contribution >= 4 is 17.7 Å². The van der Waals surface area contributed by atoms with Crippen molar-refractivity contribution in [2.24, 2.45) is 0 Å². The lowest BCUT2D eigenvalue weighted by Crippen LogP contribution is -2.24. The topological polar surface area (TPSA) is 49.3 Å². The number of aromatic hydroxyl groups is 1. The molecule has 1 amide bonds. The van der Waals surface area contributed by atoms with Crippen molar-refractivity contribution < 1.29 is 14.3 Å². The van der Waals surface area contributed by atoms with E-state index >= 15 is 0 Å². The lowest BCUT2D eigenvalue weighted by Gasteiger charge is -2.05. The minimum absolute atomic E-state index is 0.109. The molecule has 2 N–H and O–H groups in total. The maximum atomic E-state index is 12.7. The molecule has 0 aromatic heterocycles. The molecule has 0 heterocycles. The van der Waals surface area contributed by atoms with Crippen LogP contribution in [0.1, 0.15) is 5.56 Å². The van der Waals surface area contributed by atoms with E-state index in [-0.39, 0.29) is 23.2 Å². The molecular weight excluding hydrogens is 277 g/mol. The minimum atomic E-state index is -0.292. The average Bonchev–Trinajstić information content (AvgIpc) is 2.45. The van der Waals surface area contributed by atoms with Crippen molar-refractivity contribution in [2.45, 2.75) is 11.4 Å². The number of carbonyl (C=O) groups is 1. The molecule has 5 heteroatoms. The van der Waals surface area contributed by atoms with Crippen LogP contribution in [-0.2, 0) is 11.3 Å². The molecule has 0 radical (unpaired) electrons. The summed E-state index contributed by atoms with van der Waals surface area (Å²) < 4.78 is 12.7. The number of halogens is 1. The quantitative estimate of drug-likeness (QED) is 0.833. The summed E-state index contributed by atoms with van der Waals surface area (Å²) >= 11 is 1.35. The first-order valence-electron chi connectivity index (χ1n) is 6.06. The smallest absolute Gasteiger partial charge is 0.230 e. The number of amides is 1. The minimum Gasteiger partial charge on any atom is -0.508 e. The van der Waals surface area contributed by atoms with E-state index in [1.165, 1.54) is 23.9 Å². The number of phenols is 1. The van der Waals surface area contributed by atoms with E-state index in [1.807, 2.05) is 6.07 Å². The number of phenolic OH excluding ortho intramolecular Hbond substituents is 1. The Morgan fingerprint density at radius 1 is 1.20 bits per heavy atom. The first-order valence-corrected chi connectivity index (χ1v) is 7.05. The molecule has 2 rings (SSSR count). The van der Waals surface area contributed by atoms with Crippen molar-refractivity contribution in [2.75, 3.05) is 5.75 Å². The van der Waals surface area contributed by atoms with Gasteiger partial charge >= 0.3 is 0 Å². The highest BCUT2D eigenvalue weighted by atomic mass is 32.2. The van der Waals surface area contributed by atoms with E-state index in [0.29, 0.717) is 6.54 Å². The van der Waals surface area contributed by atoms with Gasteiger partial charge in [0.1, 0.15) is 11.6 Å². The average molecular weight is 291 g/mol. The number of hydrogen-bond acceptors (Lipinski definition) is 3. The van der Waals surface area contributed by atoms with Gasteiger partial charge in [0.25, 0.3) is 0 Å². The predicted octanol–water partition coefficient (Wildman–Crippen LogP) is 2.94. The highest BCUT2D eigenvalue weighted by molar-refractivity contribution is 8.00. The summed E-state index contributed by atoms with van der Waals surface area (Å²) in [6.07, 6.45) is 0. The van der Waals surface area contributed by atoms with Gasteiger partial charge < -0.3 is 10.4 Å². The van der Waals surface area contributed by atoms with Gasteiger partial charge in [0.15, 0.2) is 0 Å². The molecule has 0 spiro atoms. The van der Waals surface area contributed by atoms with Crippen molar-refractivity contribution in [3.05, 3.63) is 59.9 Å². The van der Waals surface area contributed by atoms with Crippen molar-refractivity contribution in [3.8, 4) is 5.75 Å². The van der Waals surface area contributed by atoms with Crippen LogP contribution in [0.25, 0.3) is 0 Å². The Balaban J connectivity index is 1.77. The standard InChI is InChI=1S/C15H14FNO2S/c16-12-6-4-11(5-7-12)9-17-15(19)10-20-14-3-1-2-13(18)8-14/h1-8,18H,9-10H2,(H,17,19). The Morgan fingerprint density at radius 3 is 2.65 bits per heavy atom. The molecular formula is C15H14FNO2S. The molecule has 2 aromatic carbocycles. The van der Waals surface area contributed by atoms with Crippen LogP contribution in [0.5, 0.6) is 5.75 Å². The second kappa shape index (κ2) is 6.96. The fourth-order valence-corrected chi connectivity index (χ4v) is 2.35. The van der Waals surface area contributed by atoms with Crippen LogP contribution in [0.2, 0.25) is 0 Å². The van der Waals surface area contributed by atoms with E-state index in [1.54, 1.807) is 30.3 Å². The van der Waals surface area contributed by atoms with E-state index in [9.17, 15) is 14.3 Å². The highest BCUT2D eigenvalue weighted by Crippen LogP contribution is 2.21. The molecule has 0 saturated heterocycles. The van der Waals surface area contributed by atoms with Gasteiger partial charge in [-0.15, -0.1) is 11.8 Å². The summed E-state index contributed by atoms with van der Waals surface area (Å²) in [5, 5.41) is 12.1. The molecule has 0 bridgehead atoms. The zero-order valence-electron chi connectivity index (χ0n) is 10.7. The van der Waals surface area contributed by atoms with E-state index in [0.717, 1.165) is 10.5 Å². The number of thioether (sulfide) groups is 1.